The van der Waals surface area contributed by atoms with Crippen LogP contribution in [0.15, 0.2) is 34.7 Å². The molecule has 6 amide bonds. The monoisotopic (exact) mass is 586 g/mol. The minimum atomic E-state index is -1.39. The molecule has 0 aliphatic carbocycles. The first-order valence-electron chi connectivity index (χ1n) is 13.9. The van der Waals surface area contributed by atoms with E-state index in [0.717, 1.165) is 5.39 Å². The minimum absolute atomic E-state index is 0.184. The fourth-order valence-corrected chi connectivity index (χ4v) is 4.79. The van der Waals surface area contributed by atoms with Crippen LogP contribution in [0.2, 0.25) is 0 Å². The van der Waals surface area contributed by atoms with E-state index in [1.165, 1.54) is 18.7 Å². The standard InChI is InChI=1S/C28H38N6O8/c1-16(28(41)34-13-7-10-21(34)24(29)37)31-26(39)20(15-35)33-25(38)19(32-17(2)36)9-5-6-12-30-27(40)23-14-18-8-3-4-11-22(18)42-23/h3-4,8,11,14,16,19-21,35H,5-7,9-10,12-13,15H2,1-2H3,(H2,29,37)(H,30,40)(H,31,39)(H,32,36)(H,33,38)/t16-,19-,20-,21?/m0/s1. The van der Waals surface area contributed by atoms with Gasteiger partial charge < -0.3 is 41.4 Å². The highest BCUT2D eigenvalue weighted by atomic mass is 16.3. The van der Waals surface area contributed by atoms with E-state index in [2.05, 4.69) is 21.3 Å². The molecule has 2 aromatic rings. The summed E-state index contributed by atoms with van der Waals surface area (Å²) in [6, 6.07) is 4.72. The predicted octanol–water partition coefficient (Wildman–Crippen LogP) is -0.704. The van der Waals surface area contributed by atoms with Crippen LogP contribution in [-0.4, -0.2) is 89.3 Å². The molecule has 1 aromatic carbocycles. The van der Waals surface area contributed by atoms with Crippen molar-refractivity contribution < 1.29 is 38.3 Å². The number of primary amides is 1. The fraction of sp³-hybridized carbons (Fsp3) is 0.500. The Balaban J connectivity index is 1.47. The van der Waals surface area contributed by atoms with Gasteiger partial charge in [-0.05, 0) is 51.2 Å². The molecule has 1 aliphatic rings. The second kappa shape index (κ2) is 15.0. The van der Waals surface area contributed by atoms with E-state index in [4.69, 9.17) is 10.2 Å². The van der Waals surface area contributed by atoms with Crippen molar-refractivity contribution in [3.05, 3.63) is 36.1 Å². The summed E-state index contributed by atoms with van der Waals surface area (Å²) in [4.78, 5) is 75.5. The van der Waals surface area contributed by atoms with Crippen molar-refractivity contribution in [1.82, 2.24) is 26.2 Å². The third-order valence-corrected chi connectivity index (χ3v) is 6.96. The first-order valence-corrected chi connectivity index (χ1v) is 13.9. The van der Waals surface area contributed by atoms with E-state index in [-0.39, 0.29) is 18.1 Å². The molecule has 3 rings (SSSR count). The number of likely N-dealkylation sites (tertiary alicyclic amines) is 1. The number of hydrogen-bond donors (Lipinski definition) is 6. The summed E-state index contributed by atoms with van der Waals surface area (Å²) < 4.78 is 5.54. The number of furan rings is 1. The summed E-state index contributed by atoms with van der Waals surface area (Å²) in [6.07, 6.45) is 2.17. The molecule has 2 heterocycles. The summed E-state index contributed by atoms with van der Waals surface area (Å²) in [5.74, 6) is -3.29. The third kappa shape index (κ3) is 8.52. The first kappa shape index (κ1) is 32.1. The Bertz CT molecular complexity index is 1280. The zero-order chi connectivity index (χ0) is 30.8. The Hall–Kier alpha value is -4.46. The Labute approximate surface area is 242 Å². The molecular weight excluding hydrogens is 548 g/mol. The molecule has 1 saturated heterocycles. The van der Waals surface area contributed by atoms with Crippen LogP contribution < -0.4 is 27.0 Å². The van der Waals surface area contributed by atoms with E-state index in [9.17, 15) is 33.9 Å². The van der Waals surface area contributed by atoms with Crippen molar-refractivity contribution in [2.75, 3.05) is 19.7 Å². The lowest BCUT2D eigenvalue weighted by Gasteiger charge is -2.27. The number of nitrogens with zero attached hydrogens (tertiary/aromatic N) is 1. The van der Waals surface area contributed by atoms with Gasteiger partial charge in [0.05, 0.1) is 6.61 Å². The number of aliphatic hydroxyl groups excluding tert-OH is 1. The lowest BCUT2D eigenvalue weighted by atomic mass is 10.1. The van der Waals surface area contributed by atoms with Crippen molar-refractivity contribution in [1.29, 1.82) is 0 Å². The molecule has 7 N–H and O–H groups in total. The number of rotatable bonds is 14. The number of fused-ring (bicyclic) bond motifs is 1. The van der Waals surface area contributed by atoms with Crippen molar-refractivity contribution >= 4 is 46.4 Å². The summed E-state index contributed by atoms with van der Waals surface area (Å²) >= 11 is 0. The molecule has 228 valence electrons. The molecule has 0 spiro atoms. The molecule has 0 saturated carbocycles. The second-order valence-electron chi connectivity index (χ2n) is 10.2. The number of amides is 6. The van der Waals surface area contributed by atoms with Gasteiger partial charge in [0.15, 0.2) is 5.76 Å². The number of unbranched alkanes of at least 4 members (excludes halogenated alkanes) is 1. The fourth-order valence-electron chi connectivity index (χ4n) is 4.79. The van der Waals surface area contributed by atoms with Crippen LogP contribution in [0.25, 0.3) is 11.0 Å². The molecular formula is C28H38N6O8. The molecule has 4 atom stereocenters. The molecule has 1 fully saturated rings. The lowest BCUT2D eigenvalue weighted by Crippen LogP contribution is -2.58. The van der Waals surface area contributed by atoms with Gasteiger partial charge in [0, 0.05) is 25.4 Å². The Morgan fingerprint density at radius 3 is 2.43 bits per heavy atom. The van der Waals surface area contributed by atoms with E-state index in [0.29, 0.717) is 44.4 Å². The molecule has 14 nitrogen and oxygen atoms in total. The smallest absolute Gasteiger partial charge is 0.287 e. The highest BCUT2D eigenvalue weighted by molar-refractivity contribution is 5.96. The maximum Gasteiger partial charge on any atom is 0.287 e. The van der Waals surface area contributed by atoms with Crippen molar-refractivity contribution in [2.45, 2.75) is 70.1 Å². The van der Waals surface area contributed by atoms with Crippen LogP contribution in [-0.2, 0) is 24.0 Å². The lowest BCUT2D eigenvalue weighted by molar-refractivity contribution is -0.141. The molecule has 1 unspecified atom stereocenters. The van der Waals surface area contributed by atoms with Gasteiger partial charge in [0.2, 0.25) is 29.5 Å². The average Bonchev–Trinajstić information content (AvgIpc) is 3.62. The summed E-state index contributed by atoms with van der Waals surface area (Å²) in [6.45, 7) is 2.54. The van der Waals surface area contributed by atoms with Gasteiger partial charge in [-0.15, -0.1) is 0 Å². The average molecular weight is 587 g/mol. The quantitative estimate of drug-likeness (QED) is 0.155. The van der Waals surface area contributed by atoms with Crippen molar-refractivity contribution in [3.8, 4) is 0 Å². The van der Waals surface area contributed by atoms with Gasteiger partial charge in [-0.1, -0.05) is 18.2 Å². The number of para-hydroxylation sites is 1. The second-order valence-corrected chi connectivity index (χ2v) is 10.2. The van der Waals surface area contributed by atoms with Gasteiger partial charge in [0.1, 0.15) is 29.8 Å². The molecule has 14 heteroatoms. The zero-order valence-corrected chi connectivity index (χ0v) is 23.7. The number of nitrogens with one attached hydrogen (secondary N) is 4. The van der Waals surface area contributed by atoms with Gasteiger partial charge in [-0.2, -0.15) is 0 Å². The number of nitrogens with two attached hydrogens (primary N) is 1. The summed E-state index contributed by atoms with van der Waals surface area (Å²) in [5, 5.41) is 20.7. The topological polar surface area (TPSA) is 213 Å². The molecule has 0 bridgehead atoms. The summed E-state index contributed by atoms with van der Waals surface area (Å²) in [5.41, 5.74) is 5.97. The normalized spacial score (nSPS) is 16.7. The predicted molar refractivity (Wildman–Crippen MR) is 151 cm³/mol. The molecule has 42 heavy (non-hydrogen) atoms. The van der Waals surface area contributed by atoms with Gasteiger partial charge in [-0.3, -0.25) is 28.8 Å². The largest absolute Gasteiger partial charge is 0.451 e. The van der Waals surface area contributed by atoms with Gasteiger partial charge >= 0.3 is 0 Å². The van der Waals surface area contributed by atoms with Crippen LogP contribution >= 0.6 is 0 Å². The van der Waals surface area contributed by atoms with Crippen LogP contribution in [0.3, 0.4) is 0 Å². The maximum atomic E-state index is 12.9. The van der Waals surface area contributed by atoms with E-state index in [1.807, 2.05) is 18.2 Å². The van der Waals surface area contributed by atoms with E-state index >= 15 is 0 Å². The number of hydrogen-bond acceptors (Lipinski definition) is 8. The number of carbonyl (C=O) groups excluding carboxylic acids is 6. The van der Waals surface area contributed by atoms with Crippen molar-refractivity contribution in [2.24, 2.45) is 5.73 Å². The number of carbonyl (C=O) groups is 6. The van der Waals surface area contributed by atoms with Crippen LogP contribution in [0, 0.1) is 0 Å². The maximum absolute atomic E-state index is 12.9. The highest BCUT2D eigenvalue weighted by Gasteiger charge is 2.36. The Kier molecular flexibility index (Phi) is 11.4. The van der Waals surface area contributed by atoms with Crippen LogP contribution in [0.1, 0.15) is 56.5 Å². The first-order chi connectivity index (χ1) is 20.0. The highest BCUT2D eigenvalue weighted by Crippen LogP contribution is 2.19. The van der Waals surface area contributed by atoms with Gasteiger partial charge in [0.25, 0.3) is 5.91 Å². The minimum Gasteiger partial charge on any atom is -0.451 e. The molecule has 1 aromatic heterocycles. The molecule has 0 radical (unpaired) electrons. The van der Waals surface area contributed by atoms with Crippen LogP contribution in [0.4, 0.5) is 0 Å². The SMILES string of the molecule is CC(=O)N[C@@H](CCCCNC(=O)c1cc2ccccc2o1)C(=O)N[C@@H](CO)C(=O)N[C@@H](C)C(=O)N1CCCC1C(N)=O. The number of benzene rings is 1. The van der Waals surface area contributed by atoms with Crippen LogP contribution in [0.5, 0.6) is 0 Å². The Morgan fingerprint density at radius 1 is 1.05 bits per heavy atom. The van der Waals surface area contributed by atoms with Gasteiger partial charge in [-0.25, -0.2) is 0 Å². The molecule has 1 aliphatic heterocycles. The number of aliphatic hydroxyl groups is 1. The van der Waals surface area contributed by atoms with E-state index < -0.39 is 60.3 Å². The Morgan fingerprint density at radius 2 is 1.76 bits per heavy atom. The van der Waals surface area contributed by atoms with Crippen molar-refractivity contribution in [3.63, 3.8) is 0 Å². The zero-order valence-electron chi connectivity index (χ0n) is 23.7. The summed E-state index contributed by atoms with van der Waals surface area (Å²) in [7, 11) is 0. The third-order valence-electron chi connectivity index (χ3n) is 6.96. The van der Waals surface area contributed by atoms with E-state index in [1.54, 1.807) is 12.1 Å².